The maximum atomic E-state index is 10.7. The quantitative estimate of drug-likeness (QED) is 0.688. The predicted octanol–water partition coefficient (Wildman–Crippen LogP) is 0.975. The van der Waals surface area contributed by atoms with Gasteiger partial charge in [-0.05, 0) is 0 Å². The molecule has 0 aliphatic carbocycles. The Morgan fingerprint density at radius 1 is 1.29 bits per heavy atom. The van der Waals surface area contributed by atoms with E-state index in [1.807, 2.05) is 6.07 Å². The topological polar surface area (TPSA) is 79.0 Å². The summed E-state index contributed by atoms with van der Waals surface area (Å²) in [6.45, 7) is 0. The molecule has 2 rings (SSSR count). The molecule has 0 saturated heterocycles. The first-order valence-electron chi connectivity index (χ1n) is 3.76. The summed E-state index contributed by atoms with van der Waals surface area (Å²) in [5.41, 5.74) is 0.636. The summed E-state index contributed by atoms with van der Waals surface area (Å²) in [6.07, 6.45) is 0. The minimum Gasteiger partial charge on any atom is -0.767 e. The highest BCUT2D eigenvalue weighted by atomic mass is 32.2. The van der Waals surface area contributed by atoms with Gasteiger partial charge in [0.1, 0.15) is 0 Å². The smallest absolute Gasteiger partial charge is 0.202 e. The van der Waals surface area contributed by atoms with Crippen LogP contribution in [0.1, 0.15) is 0 Å². The molecule has 0 N–H and O–H groups in total. The van der Waals surface area contributed by atoms with Crippen molar-refractivity contribution in [3.8, 4) is 11.3 Å². The molecule has 0 saturated carbocycles. The summed E-state index contributed by atoms with van der Waals surface area (Å²) in [5, 5.41) is 6.39. The van der Waals surface area contributed by atoms with Gasteiger partial charge in [0.05, 0.1) is 0 Å². The first-order chi connectivity index (χ1) is 6.79. The van der Waals surface area contributed by atoms with Crippen molar-refractivity contribution < 1.29 is 13.3 Å². The van der Waals surface area contributed by atoms with Crippen LogP contribution < -0.4 is 0 Å². The normalized spacial score (nSPS) is 12.6. The Labute approximate surface area is 82.0 Å². The lowest BCUT2D eigenvalue weighted by Crippen LogP contribution is -1.91. The lowest BCUT2D eigenvalue weighted by Gasteiger charge is -2.00. The van der Waals surface area contributed by atoms with Crippen LogP contribution in [0.15, 0.2) is 39.9 Å². The van der Waals surface area contributed by atoms with Gasteiger partial charge in [0, 0.05) is 21.9 Å². The highest BCUT2D eigenvalue weighted by Crippen LogP contribution is 2.22. The van der Waals surface area contributed by atoms with Crippen molar-refractivity contribution in [1.29, 1.82) is 0 Å². The van der Waals surface area contributed by atoms with Gasteiger partial charge < -0.3 is 9.08 Å². The second-order valence-corrected chi connectivity index (χ2v) is 3.36. The second-order valence-electron chi connectivity index (χ2n) is 2.51. The molecule has 1 atom stereocenters. The van der Waals surface area contributed by atoms with Gasteiger partial charge in [-0.2, -0.15) is 0 Å². The Morgan fingerprint density at radius 2 is 2.00 bits per heavy atom. The van der Waals surface area contributed by atoms with Crippen molar-refractivity contribution in [2.45, 2.75) is 5.03 Å². The van der Waals surface area contributed by atoms with E-state index in [-0.39, 0.29) is 10.8 Å². The van der Waals surface area contributed by atoms with E-state index in [4.69, 9.17) is 4.52 Å². The molecule has 0 aliphatic rings. The van der Waals surface area contributed by atoms with Crippen LogP contribution in [-0.4, -0.2) is 19.1 Å². The zero-order valence-corrected chi connectivity index (χ0v) is 7.73. The Morgan fingerprint density at radius 3 is 2.64 bits per heavy atom. The third kappa shape index (κ3) is 1.57. The average Bonchev–Trinajstić information content (AvgIpc) is 2.67. The monoisotopic (exact) mass is 209 g/mol. The molecule has 1 heterocycles. The zero-order chi connectivity index (χ0) is 9.97. The van der Waals surface area contributed by atoms with E-state index in [1.54, 1.807) is 24.3 Å². The molecule has 1 unspecified atom stereocenters. The van der Waals surface area contributed by atoms with Gasteiger partial charge in [-0.15, -0.1) is 5.10 Å². The largest absolute Gasteiger partial charge is 0.767 e. The van der Waals surface area contributed by atoms with Crippen molar-refractivity contribution in [1.82, 2.24) is 10.4 Å². The third-order valence-electron chi connectivity index (χ3n) is 1.65. The van der Waals surface area contributed by atoms with Crippen LogP contribution in [0.25, 0.3) is 11.3 Å². The SMILES string of the molecule is O=S([O-])c1nnoc1-c1ccccc1. The van der Waals surface area contributed by atoms with Gasteiger partial charge in [0.2, 0.25) is 5.76 Å². The molecule has 1 aromatic carbocycles. The molecule has 5 nitrogen and oxygen atoms in total. The number of benzene rings is 1. The Balaban J connectivity index is 2.52. The summed E-state index contributed by atoms with van der Waals surface area (Å²) in [4.78, 5) is 0. The van der Waals surface area contributed by atoms with Crippen molar-refractivity contribution in [2.24, 2.45) is 0 Å². The van der Waals surface area contributed by atoms with E-state index in [2.05, 4.69) is 10.4 Å². The predicted molar refractivity (Wildman–Crippen MR) is 46.9 cm³/mol. The van der Waals surface area contributed by atoms with Gasteiger partial charge in [0.25, 0.3) is 0 Å². The number of rotatable bonds is 2. The molecule has 2 aromatic rings. The summed E-state index contributed by atoms with van der Waals surface area (Å²) in [5.74, 6) is 0.166. The van der Waals surface area contributed by atoms with Gasteiger partial charge in [-0.3, -0.25) is 4.21 Å². The molecular weight excluding hydrogens is 204 g/mol. The third-order valence-corrected chi connectivity index (χ3v) is 2.23. The van der Waals surface area contributed by atoms with Crippen molar-refractivity contribution >= 4 is 11.1 Å². The Bertz CT molecular complexity index is 455. The number of hydrogen-bond donors (Lipinski definition) is 0. The molecule has 72 valence electrons. The van der Waals surface area contributed by atoms with Crippen molar-refractivity contribution in [2.75, 3.05) is 0 Å². The van der Waals surface area contributed by atoms with E-state index in [1.165, 1.54) is 0 Å². The number of nitrogens with zero attached hydrogens (tertiary/aromatic N) is 2. The fraction of sp³-hybridized carbons (Fsp3) is 0. The van der Waals surface area contributed by atoms with Gasteiger partial charge >= 0.3 is 0 Å². The molecule has 14 heavy (non-hydrogen) atoms. The van der Waals surface area contributed by atoms with Crippen LogP contribution >= 0.6 is 0 Å². The first-order valence-corrected chi connectivity index (χ1v) is 4.83. The molecule has 0 amide bonds. The first kappa shape index (κ1) is 9.04. The van der Waals surface area contributed by atoms with Crippen LogP contribution in [0.3, 0.4) is 0 Å². The Hall–Kier alpha value is -1.53. The summed E-state index contributed by atoms with van der Waals surface area (Å²) < 4.78 is 26.1. The second kappa shape index (κ2) is 3.69. The molecule has 0 aliphatic heterocycles. The van der Waals surface area contributed by atoms with E-state index >= 15 is 0 Å². The van der Waals surface area contributed by atoms with E-state index < -0.39 is 11.1 Å². The zero-order valence-electron chi connectivity index (χ0n) is 6.91. The van der Waals surface area contributed by atoms with Crippen LogP contribution in [0.5, 0.6) is 0 Å². The fourth-order valence-corrected chi connectivity index (χ4v) is 1.46. The highest BCUT2D eigenvalue weighted by Gasteiger charge is 2.12. The molecule has 0 fully saturated rings. The van der Waals surface area contributed by atoms with Crippen LogP contribution in [0.4, 0.5) is 0 Å². The maximum absolute atomic E-state index is 10.7. The maximum Gasteiger partial charge on any atom is 0.202 e. The minimum atomic E-state index is -2.43. The van der Waals surface area contributed by atoms with E-state index in [0.717, 1.165) is 0 Å². The van der Waals surface area contributed by atoms with Crippen LogP contribution in [0, 0.1) is 0 Å². The molecule has 6 heteroatoms. The fourth-order valence-electron chi connectivity index (χ4n) is 1.06. The van der Waals surface area contributed by atoms with Crippen LogP contribution in [0.2, 0.25) is 0 Å². The standard InChI is InChI=1S/C8H6N2O3S/c11-14(12)8-7(13-10-9-8)6-4-2-1-3-5-6/h1-5H,(H,11,12)/p-1. The van der Waals surface area contributed by atoms with Crippen molar-refractivity contribution in [3.63, 3.8) is 0 Å². The highest BCUT2D eigenvalue weighted by molar-refractivity contribution is 7.79. The van der Waals surface area contributed by atoms with Gasteiger partial charge in [-0.1, -0.05) is 30.3 Å². The summed E-state index contributed by atoms with van der Waals surface area (Å²) in [6, 6.07) is 8.81. The van der Waals surface area contributed by atoms with Gasteiger partial charge in [-0.25, -0.2) is 0 Å². The summed E-state index contributed by atoms with van der Waals surface area (Å²) in [7, 11) is 0. The average molecular weight is 209 g/mol. The van der Waals surface area contributed by atoms with Gasteiger partial charge in [0.15, 0.2) is 5.03 Å². The number of aromatic nitrogens is 2. The van der Waals surface area contributed by atoms with E-state index in [0.29, 0.717) is 5.56 Å². The molecule has 0 bridgehead atoms. The minimum absolute atomic E-state index is 0.166. The molecule has 0 radical (unpaired) electrons. The Kier molecular flexibility index (Phi) is 2.38. The molecule has 1 aromatic heterocycles. The summed E-state index contributed by atoms with van der Waals surface area (Å²) >= 11 is -2.43. The lowest BCUT2D eigenvalue weighted by molar-refractivity contribution is 0.403. The van der Waals surface area contributed by atoms with Crippen molar-refractivity contribution in [3.05, 3.63) is 30.3 Å². The number of hydrogen-bond acceptors (Lipinski definition) is 5. The molecular formula is C8H5N2O3S-. The van der Waals surface area contributed by atoms with Crippen LogP contribution in [-0.2, 0) is 11.1 Å². The molecule has 0 spiro atoms. The lowest BCUT2D eigenvalue weighted by atomic mass is 10.2. The van der Waals surface area contributed by atoms with E-state index in [9.17, 15) is 8.76 Å².